The first-order valence-corrected chi connectivity index (χ1v) is 3.00. The lowest BCUT2D eigenvalue weighted by Crippen LogP contribution is -1.49. The first-order valence-electron chi connectivity index (χ1n) is 0.600. The van der Waals surface area contributed by atoms with Gasteiger partial charge in [-0.15, -0.1) is 0 Å². The zero-order valence-corrected chi connectivity index (χ0v) is 3.58. The average Bonchev–Trinajstić information content (AvgIpc) is 0.811. The van der Waals surface area contributed by atoms with Crippen LogP contribution in [-0.4, -0.2) is 9.11 Å². The van der Waals surface area contributed by atoms with E-state index in [0.717, 1.165) is 0 Å². The van der Waals surface area contributed by atoms with Crippen molar-refractivity contribution in [3.8, 4) is 0 Å². The topological polar surface area (TPSA) is 40.5 Å². The van der Waals surface area contributed by atoms with Crippen LogP contribution in [0.1, 0.15) is 0 Å². The molecule has 0 saturated carbocycles. The van der Waals surface area contributed by atoms with E-state index in [-0.39, 0.29) is 0 Å². The van der Waals surface area contributed by atoms with Crippen molar-refractivity contribution in [2.75, 3.05) is 0 Å². The molecule has 0 aromatic rings. The van der Waals surface area contributed by atoms with Gasteiger partial charge < -0.3 is 0 Å². The molecule has 2 N–H and O–H groups in total. The van der Waals surface area contributed by atoms with Crippen LogP contribution in [0.25, 0.3) is 0 Å². The second-order valence-corrected chi connectivity index (χ2v) is 1.88. The maximum atomic E-state index is 7.54. The number of rotatable bonds is 0. The standard InChI is InChI=1S/H4O2S2/c1-4(2)3/h1-4H. The molecule has 4 heteroatoms. The largest absolute Gasteiger partial charge is 0.292 e. The third-order valence-electron chi connectivity index (χ3n) is 0. The van der Waals surface area contributed by atoms with Crippen LogP contribution in [-0.2, 0) is 0 Å². The highest BCUT2D eigenvalue weighted by Gasteiger charge is 1.55. The van der Waals surface area contributed by atoms with Crippen LogP contribution in [0, 0.1) is 0 Å². The van der Waals surface area contributed by atoms with E-state index in [1.807, 2.05) is 0 Å². The van der Waals surface area contributed by atoms with Gasteiger partial charge in [-0.2, -0.15) is 10.5 Å². The summed E-state index contributed by atoms with van der Waals surface area (Å²) in [5.74, 6) is 0. The maximum Gasteiger partial charge on any atom is -0.0550 e. The molecular weight excluding hydrogens is 96.1 g/mol. The van der Waals surface area contributed by atoms with Crippen LogP contribution in [0.15, 0.2) is 0 Å². The Balaban J connectivity index is 2.32. The molecule has 0 amide bonds. The van der Waals surface area contributed by atoms with Crippen molar-refractivity contribution >= 4 is 22.1 Å². The summed E-state index contributed by atoms with van der Waals surface area (Å²) in [6, 6.07) is 0. The van der Waals surface area contributed by atoms with E-state index >= 15 is 0 Å². The number of thiol groups is 2. The van der Waals surface area contributed by atoms with Gasteiger partial charge in [0.15, 0.2) is 0 Å². The Bertz CT molecular complexity index is 8.75. The van der Waals surface area contributed by atoms with E-state index in [2.05, 4.69) is 11.7 Å². The van der Waals surface area contributed by atoms with Crippen LogP contribution in [0.3, 0.4) is 0 Å². The van der Waals surface area contributed by atoms with Gasteiger partial charge in [-0.3, -0.25) is 9.11 Å². The summed E-state index contributed by atoms with van der Waals surface area (Å²) in [4.78, 5) is 0. The summed E-state index contributed by atoms with van der Waals surface area (Å²) >= 11 is 3.14. The molecule has 0 aliphatic rings. The molecule has 0 heterocycles. The quantitative estimate of drug-likeness (QED) is 0.268. The Morgan fingerprint density at radius 2 is 1.50 bits per heavy atom. The van der Waals surface area contributed by atoms with Crippen molar-refractivity contribution in [3.05, 3.63) is 0 Å². The first kappa shape index (κ1) is 4.62. The van der Waals surface area contributed by atoms with E-state index in [0.29, 0.717) is 0 Å². The Kier molecular flexibility index (Phi) is 2.19. The minimum atomic E-state index is -1.93. The number of hydrogen-bond acceptors (Lipinski definition) is 3. The lowest BCUT2D eigenvalue weighted by molar-refractivity contribution is 0.536. The predicted molar refractivity (Wildman–Crippen MR) is 23.2 cm³/mol. The van der Waals surface area contributed by atoms with Crippen molar-refractivity contribution in [2.45, 2.75) is 0 Å². The highest BCUT2D eigenvalue weighted by molar-refractivity contribution is 8.73. The Morgan fingerprint density at radius 3 is 1.50 bits per heavy atom. The SMILES string of the molecule is O[SH](O)S. The van der Waals surface area contributed by atoms with Crippen molar-refractivity contribution < 1.29 is 9.11 Å². The molecule has 0 rings (SSSR count). The third kappa shape index (κ3) is 17.9. The molecule has 0 bridgehead atoms. The van der Waals surface area contributed by atoms with Crippen molar-refractivity contribution in [2.24, 2.45) is 0 Å². The van der Waals surface area contributed by atoms with Crippen LogP contribution >= 0.6 is 22.1 Å². The van der Waals surface area contributed by atoms with Gasteiger partial charge in [-0.05, 0) is 0 Å². The predicted octanol–water partition coefficient (Wildman–Crippen LogP) is 0.778. The van der Waals surface area contributed by atoms with Gasteiger partial charge in [-0.25, -0.2) is 0 Å². The van der Waals surface area contributed by atoms with Crippen LogP contribution in [0.2, 0.25) is 0 Å². The van der Waals surface area contributed by atoms with Gasteiger partial charge in [0, 0.05) is 0 Å². The molecule has 0 radical (unpaired) electrons. The summed E-state index contributed by atoms with van der Waals surface area (Å²) in [7, 11) is -1.93. The summed E-state index contributed by atoms with van der Waals surface area (Å²) in [6.07, 6.45) is 0. The van der Waals surface area contributed by atoms with Gasteiger partial charge in [0.2, 0.25) is 0 Å². The molecule has 0 aliphatic heterocycles. The molecule has 0 spiro atoms. The van der Waals surface area contributed by atoms with Gasteiger partial charge in [-0.1, -0.05) is 11.7 Å². The summed E-state index contributed by atoms with van der Waals surface area (Å²) in [5.41, 5.74) is 0. The number of hydrogen-bond donors (Lipinski definition) is 4. The van der Waals surface area contributed by atoms with Crippen molar-refractivity contribution in [1.82, 2.24) is 0 Å². The molecular formula is H4O2S2. The zero-order chi connectivity index (χ0) is 3.58. The molecule has 0 aromatic heterocycles. The summed E-state index contributed by atoms with van der Waals surface area (Å²) in [6.45, 7) is 0. The molecule has 0 saturated heterocycles. The van der Waals surface area contributed by atoms with Gasteiger partial charge >= 0.3 is 0 Å². The minimum absolute atomic E-state index is 1.93. The lowest BCUT2D eigenvalue weighted by atomic mass is 15.9. The molecule has 0 aromatic carbocycles. The summed E-state index contributed by atoms with van der Waals surface area (Å²) in [5, 5.41) is 0. The second-order valence-electron chi connectivity index (χ2n) is 0.268. The minimum Gasteiger partial charge on any atom is -0.292 e. The van der Waals surface area contributed by atoms with Gasteiger partial charge in [0.1, 0.15) is 0 Å². The van der Waals surface area contributed by atoms with Crippen LogP contribution < -0.4 is 0 Å². The van der Waals surface area contributed by atoms with E-state index in [9.17, 15) is 0 Å². The molecule has 0 atom stereocenters. The van der Waals surface area contributed by atoms with E-state index in [4.69, 9.17) is 9.11 Å². The fourth-order valence-corrected chi connectivity index (χ4v) is 0. The molecule has 2 nitrogen and oxygen atoms in total. The molecule has 0 unspecified atom stereocenters. The van der Waals surface area contributed by atoms with E-state index < -0.39 is 10.5 Å². The second kappa shape index (κ2) is 1.90. The fourth-order valence-electron chi connectivity index (χ4n) is 0. The van der Waals surface area contributed by atoms with Crippen molar-refractivity contribution in [3.63, 3.8) is 0 Å². The van der Waals surface area contributed by atoms with Crippen LogP contribution in [0.5, 0.6) is 0 Å². The molecule has 0 aliphatic carbocycles. The lowest BCUT2D eigenvalue weighted by Gasteiger charge is -1.92. The highest BCUT2D eigenvalue weighted by atomic mass is 33.1. The van der Waals surface area contributed by atoms with E-state index in [1.54, 1.807) is 0 Å². The normalized spacial score (nSPS) is 11.2. The highest BCUT2D eigenvalue weighted by Crippen LogP contribution is 2.14. The fraction of sp³-hybridized carbons (Fsp3) is 0. The van der Waals surface area contributed by atoms with Crippen LogP contribution in [0.4, 0.5) is 0 Å². The van der Waals surface area contributed by atoms with Gasteiger partial charge in [0.25, 0.3) is 0 Å². The summed E-state index contributed by atoms with van der Waals surface area (Å²) < 4.78 is 15.1. The molecule has 0 fully saturated rings. The zero-order valence-electron chi connectivity index (χ0n) is 1.79. The molecule has 28 valence electrons. The Hall–Kier alpha value is 0.620. The smallest absolute Gasteiger partial charge is 0.0550 e. The monoisotopic (exact) mass is 100.0 g/mol. The maximum absolute atomic E-state index is 7.54. The van der Waals surface area contributed by atoms with E-state index in [1.165, 1.54) is 0 Å². The Morgan fingerprint density at radius 1 is 1.50 bits per heavy atom. The van der Waals surface area contributed by atoms with Crippen molar-refractivity contribution in [1.29, 1.82) is 0 Å². The third-order valence-corrected chi connectivity index (χ3v) is 0. The molecule has 4 heavy (non-hydrogen) atoms. The van der Waals surface area contributed by atoms with Gasteiger partial charge in [0.05, 0.1) is 0 Å². The average molecular weight is 100 g/mol. The first-order chi connectivity index (χ1) is 1.73. The Labute approximate surface area is 32.0 Å².